The second-order valence-corrected chi connectivity index (χ2v) is 8.65. The van der Waals surface area contributed by atoms with Crippen molar-refractivity contribution in [2.45, 2.75) is 26.3 Å². The predicted molar refractivity (Wildman–Crippen MR) is 114 cm³/mol. The third-order valence-electron chi connectivity index (χ3n) is 4.29. The van der Waals surface area contributed by atoms with Gasteiger partial charge < -0.3 is 14.8 Å². The summed E-state index contributed by atoms with van der Waals surface area (Å²) in [6, 6.07) is 14.0. The molecule has 0 aliphatic rings. The molecule has 0 saturated heterocycles. The van der Waals surface area contributed by atoms with E-state index >= 15 is 0 Å². The van der Waals surface area contributed by atoms with E-state index in [2.05, 4.69) is 5.32 Å². The SMILES string of the molecule is CCc1ccc(N(CC(=O)N[C@H](C)COc2ccc(OC)cc2)S(C)(=O)=O)cc1. The fraction of sp³-hybridized carbons (Fsp3) is 0.381. The maximum Gasteiger partial charge on any atom is 0.241 e. The van der Waals surface area contributed by atoms with Crippen molar-refractivity contribution in [3.05, 3.63) is 54.1 Å². The lowest BCUT2D eigenvalue weighted by Gasteiger charge is -2.23. The molecule has 158 valence electrons. The zero-order valence-corrected chi connectivity index (χ0v) is 18.0. The fourth-order valence-electron chi connectivity index (χ4n) is 2.68. The number of amides is 1. The number of sulfonamides is 1. The van der Waals surface area contributed by atoms with Crippen LogP contribution < -0.4 is 19.1 Å². The van der Waals surface area contributed by atoms with Gasteiger partial charge in [-0.25, -0.2) is 8.42 Å². The summed E-state index contributed by atoms with van der Waals surface area (Å²) in [7, 11) is -2.01. The summed E-state index contributed by atoms with van der Waals surface area (Å²) in [6.07, 6.45) is 1.94. The van der Waals surface area contributed by atoms with E-state index in [4.69, 9.17) is 9.47 Å². The van der Waals surface area contributed by atoms with Gasteiger partial charge in [0.05, 0.1) is 25.1 Å². The van der Waals surface area contributed by atoms with Gasteiger partial charge in [-0.3, -0.25) is 9.10 Å². The monoisotopic (exact) mass is 420 g/mol. The first kappa shape index (κ1) is 22.5. The van der Waals surface area contributed by atoms with E-state index in [-0.39, 0.29) is 19.2 Å². The maximum atomic E-state index is 12.4. The summed E-state index contributed by atoms with van der Waals surface area (Å²) in [5, 5.41) is 2.77. The first-order valence-corrected chi connectivity index (χ1v) is 11.2. The van der Waals surface area contributed by atoms with Crippen molar-refractivity contribution >= 4 is 21.6 Å². The molecule has 7 nitrogen and oxygen atoms in total. The minimum absolute atomic E-state index is 0.252. The van der Waals surface area contributed by atoms with Gasteiger partial charge in [0.25, 0.3) is 0 Å². The largest absolute Gasteiger partial charge is 0.497 e. The van der Waals surface area contributed by atoms with Gasteiger partial charge in [-0.2, -0.15) is 0 Å². The Balaban J connectivity index is 1.94. The summed E-state index contributed by atoms with van der Waals surface area (Å²) < 4.78 is 36.2. The second-order valence-electron chi connectivity index (χ2n) is 6.74. The van der Waals surface area contributed by atoms with Crippen LogP contribution in [0.15, 0.2) is 48.5 Å². The van der Waals surface area contributed by atoms with Crippen molar-refractivity contribution in [1.29, 1.82) is 0 Å². The number of hydrogen-bond donors (Lipinski definition) is 1. The number of rotatable bonds is 10. The molecular formula is C21H28N2O5S. The third kappa shape index (κ3) is 6.98. The molecule has 0 bridgehead atoms. The molecule has 29 heavy (non-hydrogen) atoms. The first-order chi connectivity index (χ1) is 13.7. The van der Waals surface area contributed by atoms with Crippen molar-refractivity contribution in [3.63, 3.8) is 0 Å². The van der Waals surface area contributed by atoms with Gasteiger partial charge in [0.1, 0.15) is 24.7 Å². The third-order valence-corrected chi connectivity index (χ3v) is 5.43. The molecule has 8 heteroatoms. The lowest BCUT2D eigenvalue weighted by molar-refractivity contribution is -0.120. The molecule has 2 rings (SSSR count). The highest BCUT2D eigenvalue weighted by molar-refractivity contribution is 7.92. The first-order valence-electron chi connectivity index (χ1n) is 9.35. The lowest BCUT2D eigenvalue weighted by Crippen LogP contribution is -2.44. The molecule has 1 atom stereocenters. The minimum atomic E-state index is -3.60. The molecule has 0 heterocycles. The second kappa shape index (κ2) is 10.2. The lowest BCUT2D eigenvalue weighted by atomic mass is 10.1. The van der Waals surface area contributed by atoms with Gasteiger partial charge in [-0.15, -0.1) is 0 Å². The van der Waals surface area contributed by atoms with Crippen LogP contribution in [0.2, 0.25) is 0 Å². The molecule has 2 aromatic carbocycles. The van der Waals surface area contributed by atoms with E-state index in [1.54, 1.807) is 50.4 Å². The predicted octanol–water partition coefficient (Wildman–Crippen LogP) is 2.61. The molecule has 0 spiro atoms. The number of nitrogens with one attached hydrogen (secondary N) is 1. The minimum Gasteiger partial charge on any atom is -0.497 e. The molecule has 0 aliphatic heterocycles. The van der Waals surface area contributed by atoms with Crippen LogP contribution in [-0.2, 0) is 21.2 Å². The van der Waals surface area contributed by atoms with E-state index in [0.717, 1.165) is 28.3 Å². The Bertz CT molecular complexity index is 896. The molecular weight excluding hydrogens is 392 g/mol. The Morgan fingerprint density at radius 3 is 2.17 bits per heavy atom. The zero-order chi connectivity index (χ0) is 21.4. The van der Waals surface area contributed by atoms with Gasteiger partial charge in [-0.1, -0.05) is 19.1 Å². The quantitative estimate of drug-likeness (QED) is 0.639. The van der Waals surface area contributed by atoms with Crippen LogP contribution >= 0.6 is 0 Å². The number of ether oxygens (including phenoxy) is 2. The van der Waals surface area contributed by atoms with E-state index < -0.39 is 15.9 Å². The Morgan fingerprint density at radius 2 is 1.66 bits per heavy atom. The summed E-state index contributed by atoms with van der Waals surface area (Å²) in [4.78, 5) is 12.4. The number of carbonyl (C=O) groups is 1. The van der Waals surface area contributed by atoms with Crippen LogP contribution in [0, 0.1) is 0 Å². The van der Waals surface area contributed by atoms with Crippen LogP contribution in [0.1, 0.15) is 19.4 Å². The van der Waals surface area contributed by atoms with Crippen molar-refractivity contribution in [1.82, 2.24) is 5.32 Å². The van der Waals surface area contributed by atoms with Crippen LogP contribution in [0.5, 0.6) is 11.5 Å². The average Bonchev–Trinajstić information content (AvgIpc) is 2.70. The number of benzene rings is 2. The number of nitrogens with zero attached hydrogens (tertiary/aromatic N) is 1. The Morgan fingerprint density at radius 1 is 1.07 bits per heavy atom. The number of aryl methyl sites for hydroxylation is 1. The van der Waals surface area contributed by atoms with Crippen molar-refractivity contribution in [2.24, 2.45) is 0 Å². The summed E-state index contributed by atoms with van der Waals surface area (Å²) in [5.41, 5.74) is 1.55. The molecule has 0 fully saturated rings. The Labute approximate surface area is 172 Å². The fourth-order valence-corrected chi connectivity index (χ4v) is 3.54. The van der Waals surface area contributed by atoms with E-state index in [0.29, 0.717) is 11.4 Å². The highest BCUT2D eigenvalue weighted by atomic mass is 32.2. The highest BCUT2D eigenvalue weighted by Gasteiger charge is 2.21. The average molecular weight is 421 g/mol. The smallest absolute Gasteiger partial charge is 0.241 e. The normalized spacial score (nSPS) is 12.1. The Hall–Kier alpha value is -2.74. The van der Waals surface area contributed by atoms with E-state index in [1.165, 1.54) is 0 Å². The standard InChI is InChI=1S/C21H28N2O5S/c1-5-17-6-8-18(9-7-17)23(29(4,25)26)14-21(24)22-16(2)15-28-20-12-10-19(27-3)11-13-20/h6-13,16H,5,14-15H2,1-4H3,(H,22,24)/t16-/m1/s1. The van der Waals surface area contributed by atoms with Gasteiger partial charge >= 0.3 is 0 Å². The van der Waals surface area contributed by atoms with Gasteiger partial charge in [0, 0.05) is 0 Å². The molecule has 0 aliphatic carbocycles. The number of carbonyl (C=O) groups excluding carboxylic acids is 1. The van der Waals surface area contributed by atoms with Gasteiger partial charge in [0.2, 0.25) is 15.9 Å². The molecule has 2 aromatic rings. The number of anilines is 1. The molecule has 0 unspecified atom stereocenters. The van der Waals surface area contributed by atoms with E-state index in [9.17, 15) is 13.2 Å². The van der Waals surface area contributed by atoms with Crippen LogP contribution in [0.4, 0.5) is 5.69 Å². The molecule has 0 radical (unpaired) electrons. The highest BCUT2D eigenvalue weighted by Crippen LogP contribution is 2.19. The topological polar surface area (TPSA) is 84.9 Å². The summed E-state index contributed by atoms with van der Waals surface area (Å²) in [5.74, 6) is 0.980. The molecule has 0 aromatic heterocycles. The Kier molecular flexibility index (Phi) is 7.90. The summed E-state index contributed by atoms with van der Waals surface area (Å²) in [6.45, 7) is 3.77. The number of methoxy groups -OCH3 is 1. The maximum absolute atomic E-state index is 12.4. The molecule has 1 amide bonds. The molecule has 1 N–H and O–H groups in total. The van der Waals surface area contributed by atoms with Crippen LogP contribution in [0.3, 0.4) is 0 Å². The number of hydrogen-bond acceptors (Lipinski definition) is 5. The summed E-state index contributed by atoms with van der Waals surface area (Å²) >= 11 is 0. The van der Waals surface area contributed by atoms with Gasteiger partial charge in [0.15, 0.2) is 0 Å². The van der Waals surface area contributed by atoms with Crippen molar-refractivity contribution in [3.8, 4) is 11.5 Å². The zero-order valence-electron chi connectivity index (χ0n) is 17.2. The molecule has 0 saturated carbocycles. The van der Waals surface area contributed by atoms with Crippen molar-refractivity contribution < 1.29 is 22.7 Å². The van der Waals surface area contributed by atoms with Crippen LogP contribution in [0.25, 0.3) is 0 Å². The van der Waals surface area contributed by atoms with Crippen molar-refractivity contribution in [2.75, 3.05) is 30.8 Å². The van der Waals surface area contributed by atoms with E-state index in [1.807, 2.05) is 19.1 Å². The van der Waals surface area contributed by atoms with Crippen LogP contribution in [-0.4, -0.2) is 46.9 Å². The van der Waals surface area contributed by atoms with Gasteiger partial charge in [-0.05, 0) is 55.3 Å².